The summed E-state index contributed by atoms with van der Waals surface area (Å²) >= 11 is 5.74. The van der Waals surface area contributed by atoms with Gasteiger partial charge in [0.15, 0.2) is 0 Å². The molecule has 1 amide bonds. The van der Waals surface area contributed by atoms with Crippen molar-refractivity contribution in [1.29, 1.82) is 0 Å². The Bertz CT molecular complexity index is 872. The minimum absolute atomic E-state index is 0.259. The second kappa shape index (κ2) is 9.35. The van der Waals surface area contributed by atoms with E-state index >= 15 is 0 Å². The average Bonchev–Trinajstić information content (AvgIpc) is 2.71. The normalized spacial score (nSPS) is 18.9. The van der Waals surface area contributed by atoms with Crippen LogP contribution in [0, 0.1) is 17.6 Å². The third kappa shape index (κ3) is 5.32. The average molecular weight is 424 g/mol. The molecular formula is C20H24ClF2N5O. The van der Waals surface area contributed by atoms with Gasteiger partial charge in [0.25, 0.3) is 5.91 Å². The number of halogens is 3. The topological polar surface area (TPSA) is 70.2 Å². The number of amides is 1. The van der Waals surface area contributed by atoms with E-state index in [9.17, 15) is 13.6 Å². The third-order valence-electron chi connectivity index (χ3n) is 5.10. The molecule has 1 aliphatic carbocycles. The van der Waals surface area contributed by atoms with Crippen molar-refractivity contribution in [3.8, 4) is 0 Å². The fraction of sp³-hybridized carbons (Fsp3) is 0.450. The monoisotopic (exact) mass is 423 g/mol. The van der Waals surface area contributed by atoms with E-state index in [1.54, 1.807) is 6.20 Å². The molecule has 156 valence electrons. The van der Waals surface area contributed by atoms with Crippen LogP contribution in [0.5, 0.6) is 0 Å². The molecule has 1 heterocycles. The number of anilines is 2. The Kier molecular flexibility index (Phi) is 6.84. The molecule has 0 radical (unpaired) electrons. The standard InChI is InChI=1S/C20H24ClF2N5O/c1-28(2)16-9-10-24-20(27-16)26-13-5-3-12(4-6-13)11-25-19(29)17-14(22)7-8-15(23)18(17)21/h7-10,12-13H,3-6,11H2,1-2H3,(H,25,29)(H,24,26,27)/t12-,13+. The SMILES string of the molecule is CN(C)c1ccnc(N[C@H]2CC[C@@H](CNC(=O)c3c(F)ccc(F)c3Cl)CC2)n1. The van der Waals surface area contributed by atoms with Crippen LogP contribution in [-0.4, -0.2) is 42.6 Å². The van der Waals surface area contributed by atoms with E-state index in [4.69, 9.17) is 11.6 Å². The van der Waals surface area contributed by atoms with Crippen LogP contribution in [0.25, 0.3) is 0 Å². The maximum absolute atomic E-state index is 13.8. The molecule has 29 heavy (non-hydrogen) atoms. The first-order valence-corrected chi connectivity index (χ1v) is 9.91. The minimum Gasteiger partial charge on any atom is -0.363 e. The third-order valence-corrected chi connectivity index (χ3v) is 5.47. The number of rotatable bonds is 6. The van der Waals surface area contributed by atoms with E-state index in [-0.39, 0.29) is 12.0 Å². The van der Waals surface area contributed by atoms with Gasteiger partial charge in [0.05, 0.1) is 10.6 Å². The zero-order valence-electron chi connectivity index (χ0n) is 16.4. The first-order valence-electron chi connectivity index (χ1n) is 9.53. The Morgan fingerprint density at radius 3 is 2.55 bits per heavy atom. The second-order valence-corrected chi connectivity index (χ2v) is 7.80. The maximum atomic E-state index is 13.8. The zero-order chi connectivity index (χ0) is 21.0. The summed E-state index contributed by atoms with van der Waals surface area (Å²) in [7, 11) is 3.85. The summed E-state index contributed by atoms with van der Waals surface area (Å²) in [6, 6.07) is 3.91. The molecule has 0 bridgehead atoms. The first-order chi connectivity index (χ1) is 13.8. The Morgan fingerprint density at radius 2 is 1.86 bits per heavy atom. The molecule has 9 heteroatoms. The number of carbonyl (C=O) groups excluding carboxylic acids is 1. The van der Waals surface area contributed by atoms with Crippen LogP contribution in [0.3, 0.4) is 0 Å². The molecule has 0 aliphatic heterocycles. The molecule has 0 saturated heterocycles. The molecule has 6 nitrogen and oxygen atoms in total. The van der Waals surface area contributed by atoms with Crippen LogP contribution in [0.4, 0.5) is 20.5 Å². The van der Waals surface area contributed by atoms with Gasteiger partial charge in [-0.1, -0.05) is 11.6 Å². The summed E-state index contributed by atoms with van der Waals surface area (Å²) in [6.45, 7) is 0.393. The lowest BCUT2D eigenvalue weighted by molar-refractivity contribution is 0.0939. The largest absolute Gasteiger partial charge is 0.363 e. The maximum Gasteiger partial charge on any atom is 0.255 e. The van der Waals surface area contributed by atoms with Gasteiger partial charge >= 0.3 is 0 Å². The number of benzene rings is 1. The lowest BCUT2D eigenvalue weighted by Crippen LogP contribution is -2.34. The lowest BCUT2D eigenvalue weighted by Gasteiger charge is -2.29. The van der Waals surface area contributed by atoms with E-state index in [1.165, 1.54) is 0 Å². The highest BCUT2D eigenvalue weighted by Crippen LogP contribution is 2.27. The van der Waals surface area contributed by atoms with Gasteiger partial charge in [-0.05, 0) is 49.8 Å². The smallest absolute Gasteiger partial charge is 0.255 e. The van der Waals surface area contributed by atoms with Crippen LogP contribution in [0.2, 0.25) is 5.02 Å². The van der Waals surface area contributed by atoms with Gasteiger partial charge in [-0.15, -0.1) is 0 Å². The van der Waals surface area contributed by atoms with Gasteiger partial charge in [0, 0.05) is 32.9 Å². The van der Waals surface area contributed by atoms with Crippen molar-refractivity contribution >= 4 is 29.3 Å². The highest BCUT2D eigenvalue weighted by atomic mass is 35.5. The van der Waals surface area contributed by atoms with Crippen LogP contribution in [0.15, 0.2) is 24.4 Å². The summed E-state index contributed by atoms with van der Waals surface area (Å²) in [5, 5.41) is 5.55. The van der Waals surface area contributed by atoms with Gasteiger partial charge < -0.3 is 15.5 Å². The molecule has 1 aromatic heterocycles. The number of hydrogen-bond acceptors (Lipinski definition) is 5. The van der Waals surface area contributed by atoms with Gasteiger partial charge in [0.1, 0.15) is 17.5 Å². The van der Waals surface area contributed by atoms with Gasteiger partial charge in [-0.2, -0.15) is 4.98 Å². The van der Waals surface area contributed by atoms with Crippen LogP contribution < -0.4 is 15.5 Å². The predicted octanol–water partition coefficient (Wildman–Crippen LogP) is 3.87. The number of aromatic nitrogens is 2. The summed E-state index contributed by atoms with van der Waals surface area (Å²) < 4.78 is 27.4. The molecule has 1 aliphatic rings. The van der Waals surface area contributed by atoms with E-state index in [0.29, 0.717) is 12.5 Å². The second-order valence-electron chi connectivity index (χ2n) is 7.42. The predicted molar refractivity (Wildman–Crippen MR) is 109 cm³/mol. The van der Waals surface area contributed by atoms with Gasteiger partial charge in [0.2, 0.25) is 5.95 Å². The molecule has 1 fully saturated rings. The van der Waals surface area contributed by atoms with Gasteiger partial charge in [-0.25, -0.2) is 13.8 Å². The summed E-state index contributed by atoms with van der Waals surface area (Å²) in [6.07, 6.45) is 5.33. The summed E-state index contributed by atoms with van der Waals surface area (Å²) in [4.78, 5) is 22.9. The van der Waals surface area contributed by atoms with E-state index < -0.39 is 28.1 Å². The van der Waals surface area contributed by atoms with E-state index in [0.717, 1.165) is 43.6 Å². The Labute approximate surface area is 173 Å². The van der Waals surface area contributed by atoms with Crippen molar-refractivity contribution in [2.45, 2.75) is 31.7 Å². The number of hydrogen-bond donors (Lipinski definition) is 2. The first kappa shape index (κ1) is 21.2. The molecule has 3 rings (SSSR count). The van der Waals surface area contributed by atoms with Crippen molar-refractivity contribution < 1.29 is 13.6 Å². The molecule has 2 aromatic rings. The number of carbonyl (C=O) groups is 1. The Morgan fingerprint density at radius 1 is 1.17 bits per heavy atom. The molecule has 1 aromatic carbocycles. The van der Waals surface area contributed by atoms with Gasteiger partial charge in [-0.3, -0.25) is 4.79 Å². The van der Waals surface area contributed by atoms with Crippen molar-refractivity contribution in [2.75, 3.05) is 30.9 Å². The zero-order valence-corrected chi connectivity index (χ0v) is 17.1. The molecule has 1 saturated carbocycles. The molecule has 0 atom stereocenters. The molecule has 0 unspecified atom stereocenters. The molecule has 2 N–H and O–H groups in total. The molecule has 0 spiro atoms. The van der Waals surface area contributed by atoms with Crippen molar-refractivity contribution in [1.82, 2.24) is 15.3 Å². The fourth-order valence-electron chi connectivity index (χ4n) is 3.42. The number of nitrogens with one attached hydrogen (secondary N) is 2. The highest BCUT2D eigenvalue weighted by molar-refractivity contribution is 6.34. The van der Waals surface area contributed by atoms with Crippen molar-refractivity contribution in [3.63, 3.8) is 0 Å². The quantitative estimate of drug-likeness (QED) is 0.690. The Hall–Kier alpha value is -2.48. The van der Waals surface area contributed by atoms with Crippen molar-refractivity contribution in [2.24, 2.45) is 5.92 Å². The van der Waals surface area contributed by atoms with Crippen molar-refractivity contribution in [3.05, 3.63) is 46.6 Å². The van der Waals surface area contributed by atoms with E-state index in [1.807, 2.05) is 25.1 Å². The number of nitrogens with zero attached hydrogens (tertiary/aromatic N) is 3. The molecular weight excluding hydrogens is 400 g/mol. The highest BCUT2D eigenvalue weighted by Gasteiger charge is 2.24. The van der Waals surface area contributed by atoms with Crippen LogP contribution in [0.1, 0.15) is 36.0 Å². The van der Waals surface area contributed by atoms with Crippen LogP contribution >= 0.6 is 11.6 Å². The fourth-order valence-corrected chi connectivity index (χ4v) is 3.66. The van der Waals surface area contributed by atoms with Crippen LogP contribution in [-0.2, 0) is 0 Å². The van der Waals surface area contributed by atoms with E-state index in [2.05, 4.69) is 20.6 Å². The summed E-state index contributed by atoms with van der Waals surface area (Å²) in [5.41, 5.74) is -0.444. The Balaban J connectivity index is 1.49. The summed E-state index contributed by atoms with van der Waals surface area (Å²) in [5.74, 6) is -0.638. The lowest BCUT2D eigenvalue weighted by atomic mass is 9.86. The minimum atomic E-state index is -0.832.